The molecule has 2 aromatic rings. The van der Waals surface area contributed by atoms with Crippen LogP contribution in [-0.2, 0) is 4.79 Å². The molecule has 0 saturated carbocycles. The second-order valence-corrected chi connectivity index (χ2v) is 7.10. The van der Waals surface area contributed by atoms with Crippen molar-refractivity contribution >= 4 is 11.6 Å². The summed E-state index contributed by atoms with van der Waals surface area (Å²) < 4.78 is 18.6. The average Bonchev–Trinajstić information content (AvgIpc) is 3.02. The lowest BCUT2D eigenvalue weighted by molar-refractivity contribution is -0.125. The molecular formula is C21H24FN3O2. The van der Waals surface area contributed by atoms with E-state index in [1.54, 1.807) is 12.1 Å². The molecule has 5 nitrogen and oxygen atoms in total. The first-order valence-corrected chi connectivity index (χ1v) is 9.39. The average molecular weight is 369 g/mol. The van der Waals surface area contributed by atoms with E-state index in [2.05, 4.69) is 27.2 Å². The van der Waals surface area contributed by atoms with Crippen molar-refractivity contribution in [1.82, 2.24) is 10.2 Å². The summed E-state index contributed by atoms with van der Waals surface area (Å²) >= 11 is 0. The molecule has 2 heterocycles. The van der Waals surface area contributed by atoms with Crippen LogP contribution in [0.4, 0.5) is 10.1 Å². The third-order valence-corrected chi connectivity index (χ3v) is 5.58. The monoisotopic (exact) mass is 369 g/mol. The Morgan fingerprint density at radius 3 is 2.44 bits per heavy atom. The molecule has 0 unspecified atom stereocenters. The van der Waals surface area contributed by atoms with Crippen LogP contribution >= 0.6 is 0 Å². The first-order valence-electron chi connectivity index (χ1n) is 9.39. The van der Waals surface area contributed by atoms with Crippen LogP contribution in [0.1, 0.15) is 12.8 Å². The number of halogens is 1. The zero-order valence-corrected chi connectivity index (χ0v) is 15.2. The number of amides is 1. The maximum atomic E-state index is 12.9. The molecule has 0 aromatic heterocycles. The minimum atomic E-state index is -0.449. The van der Waals surface area contributed by atoms with Crippen LogP contribution in [0.2, 0.25) is 0 Å². The largest absolute Gasteiger partial charge is 0.492 e. The number of para-hydroxylation sites is 1. The van der Waals surface area contributed by atoms with Gasteiger partial charge in [-0.3, -0.25) is 9.69 Å². The van der Waals surface area contributed by atoms with Crippen LogP contribution in [0.3, 0.4) is 0 Å². The molecule has 6 heteroatoms. The SMILES string of the molecule is O=C1NCN(c2ccccc2)C12CCN(CCOc1ccc(F)cc1)CC2. The van der Waals surface area contributed by atoms with E-state index in [-0.39, 0.29) is 11.7 Å². The highest BCUT2D eigenvalue weighted by atomic mass is 19.1. The van der Waals surface area contributed by atoms with Gasteiger partial charge >= 0.3 is 0 Å². The lowest BCUT2D eigenvalue weighted by atomic mass is 9.85. The molecule has 2 aliphatic rings. The summed E-state index contributed by atoms with van der Waals surface area (Å²) in [5.74, 6) is 0.547. The predicted molar refractivity (Wildman–Crippen MR) is 102 cm³/mol. The molecule has 142 valence electrons. The van der Waals surface area contributed by atoms with Gasteiger partial charge in [-0.1, -0.05) is 18.2 Å². The maximum Gasteiger partial charge on any atom is 0.247 e. The van der Waals surface area contributed by atoms with Gasteiger partial charge in [-0.15, -0.1) is 0 Å². The lowest BCUT2D eigenvalue weighted by Gasteiger charge is -2.43. The summed E-state index contributed by atoms with van der Waals surface area (Å²) in [5, 5.41) is 3.03. The molecule has 0 aliphatic carbocycles. The Morgan fingerprint density at radius 1 is 1.04 bits per heavy atom. The molecule has 1 spiro atoms. The third kappa shape index (κ3) is 3.62. The number of nitrogens with zero attached hydrogens (tertiary/aromatic N) is 2. The smallest absolute Gasteiger partial charge is 0.247 e. The molecule has 2 aliphatic heterocycles. The fourth-order valence-corrected chi connectivity index (χ4v) is 4.00. The van der Waals surface area contributed by atoms with Crippen molar-refractivity contribution in [3.8, 4) is 5.75 Å². The molecule has 1 N–H and O–H groups in total. The van der Waals surface area contributed by atoms with Gasteiger partial charge in [-0.25, -0.2) is 4.39 Å². The summed E-state index contributed by atoms with van der Waals surface area (Å²) in [7, 11) is 0. The summed E-state index contributed by atoms with van der Waals surface area (Å²) in [6.07, 6.45) is 1.59. The van der Waals surface area contributed by atoms with Gasteiger partial charge in [0.15, 0.2) is 0 Å². The lowest BCUT2D eigenvalue weighted by Crippen LogP contribution is -2.56. The number of likely N-dealkylation sites (tertiary alicyclic amines) is 1. The molecule has 0 bridgehead atoms. The van der Waals surface area contributed by atoms with Crippen molar-refractivity contribution in [2.75, 3.05) is 37.8 Å². The molecule has 4 rings (SSSR count). The number of rotatable bonds is 5. The van der Waals surface area contributed by atoms with Crippen molar-refractivity contribution in [3.05, 3.63) is 60.4 Å². The Balaban J connectivity index is 1.33. The Labute approximate surface area is 158 Å². The summed E-state index contributed by atoms with van der Waals surface area (Å²) in [6.45, 7) is 3.61. The van der Waals surface area contributed by atoms with E-state index in [4.69, 9.17) is 4.74 Å². The Hall–Kier alpha value is -2.60. The van der Waals surface area contributed by atoms with Gasteiger partial charge in [-0.2, -0.15) is 0 Å². The molecule has 2 saturated heterocycles. The highest BCUT2D eigenvalue weighted by Crippen LogP contribution is 2.36. The van der Waals surface area contributed by atoms with Crippen LogP contribution < -0.4 is 15.0 Å². The number of anilines is 1. The minimum absolute atomic E-state index is 0.133. The number of hydrogen-bond donors (Lipinski definition) is 1. The zero-order valence-electron chi connectivity index (χ0n) is 15.2. The third-order valence-electron chi connectivity index (χ3n) is 5.58. The van der Waals surface area contributed by atoms with Crippen molar-refractivity contribution in [3.63, 3.8) is 0 Å². The number of nitrogens with one attached hydrogen (secondary N) is 1. The van der Waals surface area contributed by atoms with E-state index in [0.717, 1.165) is 38.2 Å². The first kappa shape index (κ1) is 17.8. The zero-order chi connectivity index (χ0) is 18.7. The van der Waals surface area contributed by atoms with Crippen LogP contribution in [0.15, 0.2) is 54.6 Å². The van der Waals surface area contributed by atoms with Gasteiger partial charge in [0, 0.05) is 25.3 Å². The highest BCUT2D eigenvalue weighted by molar-refractivity contribution is 5.93. The fourth-order valence-electron chi connectivity index (χ4n) is 4.00. The molecular weight excluding hydrogens is 345 g/mol. The molecule has 27 heavy (non-hydrogen) atoms. The number of ether oxygens (including phenoxy) is 1. The Morgan fingerprint density at radius 2 is 1.74 bits per heavy atom. The van der Waals surface area contributed by atoms with E-state index < -0.39 is 5.54 Å². The first-order chi connectivity index (χ1) is 13.2. The normalized spacial score (nSPS) is 19.3. The summed E-state index contributed by atoms with van der Waals surface area (Å²) in [6, 6.07) is 16.2. The molecule has 2 fully saturated rings. The molecule has 1 amide bonds. The maximum absolute atomic E-state index is 12.9. The Kier molecular flexibility index (Phi) is 4.99. The standard InChI is InChI=1S/C21H24FN3O2/c22-17-6-8-19(9-7-17)27-15-14-24-12-10-21(11-13-24)20(26)23-16-25(21)18-4-2-1-3-5-18/h1-9H,10-16H2,(H,23,26). The summed E-state index contributed by atoms with van der Waals surface area (Å²) in [4.78, 5) is 17.2. The number of hydrogen-bond acceptors (Lipinski definition) is 4. The van der Waals surface area contributed by atoms with E-state index >= 15 is 0 Å². The van der Waals surface area contributed by atoms with Gasteiger partial charge in [0.1, 0.15) is 23.7 Å². The van der Waals surface area contributed by atoms with Crippen molar-refractivity contribution in [1.29, 1.82) is 0 Å². The molecule has 2 aromatic carbocycles. The van der Waals surface area contributed by atoms with Gasteiger partial charge in [0.05, 0.1) is 6.67 Å². The minimum Gasteiger partial charge on any atom is -0.492 e. The highest BCUT2D eigenvalue weighted by Gasteiger charge is 2.50. The van der Waals surface area contributed by atoms with E-state index in [1.807, 2.05) is 18.2 Å². The topological polar surface area (TPSA) is 44.8 Å². The van der Waals surface area contributed by atoms with Crippen molar-refractivity contribution in [2.45, 2.75) is 18.4 Å². The van der Waals surface area contributed by atoms with Crippen LogP contribution in [-0.4, -0.2) is 49.3 Å². The van der Waals surface area contributed by atoms with Crippen molar-refractivity contribution < 1.29 is 13.9 Å². The van der Waals surface area contributed by atoms with Crippen LogP contribution in [0.5, 0.6) is 5.75 Å². The molecule has 0 radical (unpaired) electrons. The van der Waals surface area contributed by atoms with E-state index in [0.29, 0.717) is 19.0 Å². The number of carbonyl (C=O) groups excluding carboxylic acids is 1. The number of piperidine rings is 1. The number of carbonyl (C=O) groups is 1. The summed E-state index contributed by atoms with van der Waals surface area (Å²) in [5.41, 5.74) is 0.638. The van der Waals surface area contributed by atoms with E-state index in [1.165, 1.54) is 12.1 Å². The van der Waals surface area contributed by atoms with Crippen molar-refractivity contribution in [2.24, 2.45) is 0 Å². The van der Waals surface area contributed by atoms with Gasteiger partial charge < -0.3 is 15.0 Å². The predicted octanol–water partition coefficient (Wildman–Crippen LogP) is 2.63. The molecule has 0 atom stereocenters. The van der Waals surface area contributed by atoms with E-state index in [9.17, 15) is 9.18 Å². The fraction of sp³-hybridized carbons (Fsp3) is 0.381. The van der Waals surface area contributed by atoms with Gasteiger partial charge in [0.2, 0.25) is 5.91 Å². The quantitative estimate of drug-likeness (QED) is 0.880. The second-order valence-electron chi connectivity index (χ2n) is 7.10. The Bertz CT molecular complexity index is 774. The van der Waals surface area contributed by atoms with Gasteiger partial charge in [-0.05, 0) is 49.2 Å². The van der Waals surface area contributed by atoms with Gasteiger partial charge in [0.25, 0.3) is 0 Å². The second kappa shape index (κ2) is 7.56. The van der Waals surface area contributed by atoms with Crippen LogP contribution in [0.25, 0.3) is 0 Å². The van der Waals surface area contributed by atoms with Crippen LogP contribution in [0, 0.1) is 5.82 Å². The number of benzene rings is 2.